The second kappa shape index (κ2) is 6.79. The van der Waals surface area contributed by atoms with E-state index in [1.54, 1.807) is 6.20 Å². The maximum atomic E-state index is 5.88. The van der Waals surface area contributed by atoms with Gasteiger partial charge in [0.1, 0.15) is 5.75 Å². The molecule has 1 aliphatic rings. The number of nitrogens with zero attached hydrogens (tertiary/aromatic N) is 2. The summed E-state index contributed by atoms with van der Waals surface area (Å²) in [5.41, 5.74) is 5.52. The topological polar surface area (TPSA) is 48.2 Å². The van der Waals surface area contributed by atoms with E-state index in [0.29, 0.717) is 23.7 Å². The van der Waals surface area contributed by atoms with Crippen LogP contribution in [0, 0.1) is 6.92 Å². The van der Waals surface area contributed by atoms with Crippen molar-refractivity contribution < 1.29 is 9.15 Å². The number of rotatable bonds is 5. The van der Waals surface area contributed by atoms with E-state index in [4.69, 9.17) is 9.15 Å². The van der Waals surface area contributed by atoms with Crippen molar-refractivity contribution in [2.75, 3.05) is 0 Å². The second-order valence-electron chi connectivity index (χ2n) is 7.55. The van der Waals surface area contributed by atoms with Crippen molar-refractivity contribution in [3.8, 4) is 5.75 Å². The zero-order valence-electron chi connectivity index (χ0n) is 15.9. The van der Waals surface area contributed by atoms with Gasteiger partial charge in [0.2, 0.25) is 5.89 Å². The van der Waals surface area contributed by atoms with Crippen LogP contribution in [0.4, 0.5) is 0 Å². The SMILES string of the molecule is Cc1ccc(C2(c3ccc(OCc4nc5ncccc5o4)cc3)CCC2)cc1. The number of pyridine rings is 1. The first kappa shape index (κ1) is 17.0. The maximum Gasteiger partial charge on any atom is 0.235 e. The van der Waals surface area contributed by atoms with Crippen molar-refractivity contribution in [2.24, 2.45) is 0 Å². The third-order valence-electron chi connectivity index (χ3n) is 5.79. The van der Waals surface area contributed by atoms with Crippen molar-refractivity contribution in [1.82, 2.24) is 9.97 Å². The molecule has 0 radical (unpaired) electrons. The molecule has 0 atom stereocenters. The minimum absolute atomic E-state index is 0.151. The number of aromatic nitrogens is 2. The van der Waals surface area contributed by atoms with Gasteiger partial charge in [-0.2, -0.15) is 4.98 Å². The molecule has 1 fully saturated rings. The van der Waals surface area contributed by atoms with Crippen LogP contribution in [0.2, 0.25) is 0 Å². The Balaban J connectivity index is 1.33. The summed E-state index contributed by atoms with van der Waals surface area (Å²) in [7, 11) is 0. The van der Waals surface area contributed by atoms with E-state index in [1.807, 2.05) is 24.3 Å². The Morgan fingerprint density at radius 2 is 1.68 bits per heavy atom. The molecule has 2 aromatic carbocycles. The summed E-state index contributed by atoms with van der Waals surface area (Å²) in [5, 5.41) is 0. The zero-order valence-corrected chi connectivity index (χ0v) is 15.9. The Morgan fingerprint density at radius 1 is 0.964 bits per heavy atom. The van der Waals surface area contributed by atoms with Crippen LogP contribution in [0.15, 0.2) is 71.3 Å². The molecule has 140 valence electrons. The highest BCUT2D eigenvalue weighted by Gasteiger charge is 2.40. The molecule has 4 aromatic rings. The molecule has 0 N–H and O–H groups in total. The fourth-order valence-corrected chi connectivity index (χ4v) is 4.04. The van der Waals surface area contributed by atoms with Gasteiger partial charge in [0.25, 0.3) is 0 Å². The molecule has 0 bridgehead atoms. The molecule has 0 unspecified atom stereocenters. The molecule has 4 heteroatoms. The summed E-state index contributed by atoms with van der Waals surface area (Å²) in [5.74, 6) is 1.35. The summed E-state index contributed by atoms with van der Waals surface area (Å²) >= 11 is 0. The molecule has 2 aromatic heterocycles. The Morgan fingerprint density at radius 3 is 2.32 bits per heavy atom. The molecule has 4 nitrogen and oxygen atoms in total. The van der Waals surface area contributed by atoms with E-state index >= 15 is 0 Å². The lowest BCUT2D eigenvalue weighted by Gasteiger charge is -2.43. The number of benzene rings is 2. The van der Waals surface area contributed by atoms with Crippen LogP contribution in [0.3, 0.4) is 0 Å². The van der Waals surface area contributed by atoms with E-state index in [1.165, 1.54) is 36.0 Å². The van der Waals surface area contributed by atoms with Gasteiger partial charge in [-0.25, -0.2) is 4.98 Å². The van der Waals surface area contributed by atoms with Gasteiger partial charge in [0.05, 0.1) is 0 Å². The van der Waals surface area contributed by atoms with E-state index in [-0.39, 0.29) is 5.41 Å². The summed E-state index contributed by atoms with van der Waals surface area (Å²) < 4.78 is 11.5. The van der Waals surface area contributed by atoms with Gasteiger partial charge in [-0.3, -0.25) is 0 Å². The van der Waals surface area contributed by atoms with E-state index in [2.05, 4.69) is 53.3 Å². The molecule has 0 aliphatic heterocycles. The van der Waals surface area contributed by atoms with Crippen LogP contribution in [-0.4, -0.2) is 9.97 Å². The Labute approximate surface area is 164 Å². The fourth-order valence-electron chi connectivity index (χ4n) is 4.04. The van der Waals surface area contributed by atoms with E-state index in [9.17, 15) is 0 Å². The lowest BCUT2D eigenvalue weighted by molar-refractivity contribution is 0.266. The third-order valence-corrected chi connectivity index (χ3v) is 5.79. The smallest absolute Gasteiger partial charge is 0.235 e. The Kier molecular flexibility index (Phi) is 4.12. The fraction of sp³-hybridized carbons (Fsp3) is 0.250. The third kappa shape index (κ3) is 2.95. The first-order valence-corrected chi connectivity index (χ1v) is 9.74. The van der Waals surface area contributed by atoms with Crippen molar-refractivity contribution in [2.45, 2.75) is 38.2 Å². The van der Waals surface area contributed by atoms with Gasteiger partial charge in [-0.15, -0.1) is 0 Å². The summed E-state index contributed by atoms with van der Waals surface area (Å²) in [6.07, 6.45) is 5.38. The van der Waals surface area contributed by atoms with Crippen LogP contribution in [0.5, 0.6) is 5.75 Å². The standard InChI is InChI=1S/C24H22N2O2/c1-17-5-7-18(8-6-17)24(13-3-14-24)19-9-11-20(12-10-19)27-16-22-26-23-21(28-22)4-2-15-25-23/h2,4-12,15H,3,13-14,16H2,1H3. The average molecular weight is 370 g/mol. The molecule has 5 rings (SSSR count). The van der Waals surface area contributed by atoms with Crippen LogP contribution >= 0.6 is 0 Å². The predicted octanol–water partition coefficient (Wildman–Crippen LogP) is 5.58. The molecule has 0 spiro atoms. The van der Waals surface area contributed by atoms with Gasteiger partial charge >= 0.3 is 0 Å². The predicted molar refractivity (Wildman–Crippen MR) is 108 cm³/mol. The lowest BCUT2D eigenvalue weighted by atomic mass is 9.60. The summed E-state index contributed by atoms with van der Waals surface area (Å²) in [6, 6.07) is 21.2. The van der Waals surface area contributed by atoms with Gasteiger partial charge in [0, 0.05) is 11.6 Å². The monoisotopic (exact) mass is 370 g/mol. The van der Waals surface area contributed by atoms with Crippen LogP contribution < -0.4 is 4.74 Å². The quantitative estimate of drug-likeness (QED) is 0.460. The number of ether oxygens (including phenoxy) is 1. The van der Waals surface area contributed by atoms with Gasteiger partial charge in [0.15, 0.2) is 17.8 Å². The van der Waals surface area contributed by atoms with Crippen molar-refractivity contribution in [3.05, 3.63) is 89.4 Å². The summed E-state index contributed by atoms with van der Waals surface area (Å²) in [6.45, 7) is 2.43. The highest BCUT2D eigenvalue weighted by molar-refractivity contribution is 5.66. The number of aryl methyl sites for hydroxylation is 1. The molecular weight excluding hydrogens is 348 g/mol. The van der Waals surface area contributed by atoms with Crippen molar-refractivity contribution in [1.29, 1.82) is 0 Å². The summed E-state index contributed by atoms with van der Waals surface area (Å²) in [4.78, 5) is 8.54. The van der Waals surface area contributed by atoms with Crippen molar-refractivity contribution >= 4 is 11.2 Å². The molecule has 1 saturated carbocycles. The maximum absolute atomic E-state index is 5.88. The number of fused-ring (bicyclic) bond motifs is 1. The largest absolute Gasteiger partial charge is 0.484 e. The number of oxazole rings is 1. The van der Waals surface area contributed by atoms with E-state index in [0.717, 1.165) is 5.75 Å². The zero-order chi connectivity index (χ0) is 19.0. The van der Waals surface area contributed by atoms with Gasteiger partial charge < -0.3 is 9.15 Å². The molecule has 0 saturated heterocycles. The molecule has 1 aliphatic carbocycles. The highest BCUT2D eigenvalue weighted by Crippen LogP contribution is 2.49. The number of hydrogen-bond acceptors (Lipinski definition) is 4. The molecule has 28 heavy (non-hydrogen) atoms. The minimum Gasteiger partial charge on any atom is -0.484 e. The van der Waals surface area contributed by atoms with Gasteiger partial charge in [-0.05, 0) is 55.2 Å². The molecule has 0 amide bonds. The first-order chi connectivity index (χ1) is 13.7. The average Bonchev–Trinajstić information content (AvgIpc) is 3.11. The normalized spacial score (nSPS) is 15.3. The molecular formula is C24H22N2O2. The lowest BCUT2D eigenvalue weighted by Crippen LogP contribution is -2.35. The Hall–Kier alpha value is -3.14. The highest BCUT2D eigenvalue weighted by atomic mass is 16.5. The van der Waals surface area contributed by atoms with E-state index < -0.39 is 0 Å². The van der Waals surface area contributed by atoms with Crippen LogP contribution in [-0.2, 0) is 12.0 Å². The molecule has 2 heterocycles. The van der Waals surface area contributed by atoms with Crippen molar-refractivity contribution in [3.63, 3.8) is 0 Å². The van der Waals surface area contributed by atoms with Crippen LogP contribution in [0.25, 0.3) is 11.2 Å². The minimum atomic E-state index is 0.151. The Bertz CT molecular complexity index is 1060. The second-order valence-corrected chi connectivity index (χ2v) is 7.55. The number of hydrogen-bond donors (Lipinski definition) is 0. The van der Waals surface area contributed by atoms with Gasteiger partial charge in [-0.1, -0.05) is 48.4 Å². The first-order valence-electron chi connectivity index (χ1n) is 9.74. The van der Waals surface area contributed by atoms with Crippen LogP contribution in [0.1, 0.15) is 41.8 Å².